The molecule has 5 aromatic rings. The van der Waals surface area contributed by atoms with Crippen LogP contribution in [-0.4, -0.2) is 39.9 Å². The van der Waals surface area contributed by atoms with Crippen LogP contribution in [0.3, 0.4) is 0 Å². The predicted octanol–water partition coefficient (Wildman–Crippen LogP) is 6.38. The first-order valence-corrected chi connectivity index (χ1v) is 13.0. The average Bonchev–Trinajstić information content (AvgIpc) is 3.63. The Morgan fingerprint density at radius 1 is 1.00 bits per heavy atom. The molecule has 0 spiro atoms. The zero-order valence-corrected chi connectivity index (χ0v) is 22.8. The molecule has 0 radical (unpaired) electrons. The summed E-state index contributed by atoms with van der Waals surface area (Å²) in [6, 6.07) is 25.4. The maximum atomic E-state index is 13.4. The lowest BCUT2D eigenvalue weighted by Crippen LogP contribution is -2.37. The molecule has 1 N–H and O–H groups in total. The normalized spacial score (nSPS) is 10.8. The second kappa shape index (κ2) is 11.9. The number of anilines is 1. The Morgan fingerprint density at radius 3 is 2.38 bits per heavy atom. The van der Waals surface area contributed by atoms with Crippen molar-refractivity contribution in [2.24, 2.45) is 0 Å². The SMILES string of the molecule is COc1ccc(-c2cn(-c3ccc(C)cc3)c(NC(=O)CN(Cc3ccco3)C(=O)c3ccc(Cl)cc3)n2)cc1. The van der Waals surface area contributed by atoms with Crippen LogP contribution in [0.5, 0.6) is 5.75 Å². The molecule has 0 unspecified atom stereocenters. The number of aryl methyl sites for hydroxylation is 1. The van der Waals surface area contributed by atoms with Gasteiger partial charge in [-0.15, -0.1) is 0 Å². The minimum Gasteiger partial charge on any atom is -0.497 e. The third-order valence-corrected chi connectivity index (χ3v) is 6.55. The first kappa shape index (κ1) is 26.8. The van der Waals surface area contributed by atoms with Gasteiger partial charge >= 0.3 is 0 Å². The van der Waals surface area contributed by atoms with E-state index in [1.165, 1.54) is 11.2 Å². The number of furan rings is 1. The van der Waals surface area contributed by atoms with E-state index in [0.29, 0.717) is 28.0 Å². The first-order chi connectivity index (χ1) is 19.4. The number of carbonyl (C=O) groups excluding carboxylic acids is 2. The van der Waals surface area contributed by atoms with Gasteiger partial charge in [0.15, 0.2) is 0 Å². The zero-order chi connectivity index (χ0) is 28.1. The van der Waals surface area contributed by atoms with Gasteiger partial charge in [0.2, 0.25) is 11.9 Å². The Morgan fingerprint density at radius 2 is 1.73 bits per heavy atom. The number of methoxy groups -OCH3 is 1. The topological polar surface area (TPSA) is 89.6 Å². The van der Waals surface area contributed by atoms with E-state index in [9.17, 15) is 9.59 Å². The molecule has 2 heterocycles. The number of nitrogens with one attached hydrogen (secondary N) is 1. The highest BCUT2D eigenvalue weighted by molar-refractivity contribution is 6.30. The predicted molar refractivity (Wildman–Crippen MR) is 154 cm³/mol. The second-order valence-corrected chi connectivity index (χ2v) is 9.62. The summed E-state index contributed by atoms with van der Waals surface area (Å²) in [4.78, 5) is 32.9. The van der Waals surface area contributed by atoms with Gasteiger partial charge in [0.05, 0.1) is 25.6 Å². The maximum Gasteiger partial charge on any atom is 0.254 e. The molecule has 0 fully saturated rings. The molecule has 3 aromatic carbocycles. The van der Waals surface area contributed by atoms with E-state index in [1.807, 2.05) is 66.2 Å². The fourth-order valence-corrected chi connectivity index (χ4v) is 4.30. The van der Waals surface area contributed by atoms with Crippen molar-refractivity contribution in [3.8, 4) is 22.7 Å². The summed E-state index contributed by atoms with van der Waals surface area (Å²) >= 11 is 6.00. The number of benzene rings is 3. The fraction of sp³-hybridized carbons (Fsp3) is 0.129. The summed E-state index contributed by atoms with van der Waals surface area (Å²) in [6.45, 7) is 1.90. The molecule has 0 aliphatic carbocycles. The molecule has 0 atom stereocenters. The first-order valence-electron chi connectivity index (χ1n) is 12.6. The molecule has 202 valence electrons. The quantitative estimate of drug-likeness (QED) is 0.228. The number of aromatic nitrogens is 2. The summed E-state index contributed by atoms with van der Waals surface area (Å²) in [5.41, 5.74) is 3.88. The van der Waals surface area contributed by atoms with Crippen LogP contribution < -0.4 is 10.1 Å². The van der Waals surface area contributed by atoms with E-state index in [-0.39, 0.29) is 19.0 Å². The molecule has 40 heavy (non-hydrogen) atoms. The lowest BCUT2D eigenvalue weighted by molar-refractivity contribution is -0.117. The number of nitrogens with zero attached hydrogens (tertiary/aromatic N) is 3. The second-order valence-electron chi connectivity index (χ2n) is 9.18. The molecule has 0 bridgehead atoms. The van der Waals surface area contributed by atoms with Crippen LogP contribution in [0.1, 0.15) is 21.7 Å². The fourth-order valence-electron chi connectivity index (χ4n) is 4.17. The van der Waals surface area contributed by atoms with Crippen molar-refractivity contribution in [1.29, 1.82) is 0 Å². The Bertz CT molecular complexity index is 1590. The smallest absolute Gasteiger partial charge is 0.254 e. The minimum atomic E-state index is -0.408. The van der Waals surface area contributed by atoms with Crippen molar-refractivity contribution in [2.75, 3.05) is 19.0 Å². The summed E-state index contributed by atoms with van der Waals surface area (Å²) in [5.74, 6) is 0.880. The highest BCUT2D eigenvalue weighted by atomic mass is 35.5. The van der Waals surface area contributed by atoms with E-state index >= 15 is 0 Å². The molecule has 8 nitrogen and oxygen atoms in total. The number of amides is 2. The van der Waals surface area contributed by atoms with E-state index in [0.717, 1.165) is 22.6 Å². The van der Waals surface area contributed by atoms with Crippen molar-refractivity contribution in [1.82, 2.24) is 14.5 Å². The largest absolute Gasteiger partial charge is 0.497 e. The van der Waals surface area contributed by atoms with Gasteiger partial charge in [0.1, 0.15) is 18.1 Å². The molecule has 0 aliphatic heterocycles. The summed E-state index contributed by atoms with van der Waals surface area (Å²) < 4.78 is 12.5. The molecule has 5 rings (SSSR count). The van der Waals surface area contributed by atoms with Crippen molar-refractivity contribution in [3.05, 3.63) is 119 Å². The minimum absolute atomic E-state index is 0.116. The third kappa shape index (κ3) is 6.24. The molecule has 0 saturated carbocycles. The van der Waals surface area contributed by atoms with Gasteiger partial charge in [-0.2, -0.15) is 0 Å². The van der Waals surface area contributed by atoms with Crippen molar-refractivity contribution in [3.63, 3.8) is 0 Å². The van der Waals surface area contributed by atoms with E-state index in [2.05, 4.69) is 5.32 Å². The molecule has 0 aliphatic rings. The van der Waals surface area contributed by atoms with Crippen LogP contribution in [0, 0.1) is 6.92 Å². The molecule has 2 aromatic heterocycles. The molecular weight excluding hydrogens is 528 g/mol. The maximum absolute atomic E-state index is 13.4. The van der Waals surface area contributed by atoms with E-state index in [1.54, 1.807) is 43.5 Å². The number of hydrogen-bond donors (Lipinski definition) is 1. The number of carbonyl (C=O) groups is 2. The standard InChI is InChI=1S/C31H27ClN4O4/c1-21-5-13-25(14-6-21)36-19-28(22-9-15-26(39-2)16-10-22)33-31(36)34-29(37)20-35(18-27-4-3-17-40-27)30(38)23-7-11-24(32)12-8-23/h3-17,19H,18,20H2,1-2H3,(H,33,34,37). The summed E-state index contributed by atoms with van der Waals surface area (Å²) in [5, 5.41) is 3.42. The van der Waals surface area contributed by atoms with Crippen LogP contribution in [0.2, 0.25) is 5.02 Å². The zero-order valence-electron chi connectivity index (χ0n) is 22.0. The number of imidazole rings is 1. The van der Waals surface area contributed by atoms with Crippen LogP contribution in [0.4, 0.5) is 5.95 Å². The Labute approximate surface area is 236 Å². The van der Waals surface area contributed by atoms with Gasteiger partial charge in [-0.3, -0.25) is 19.5 Å². The van der Waals surface area contributed by atoms with Crippen molar-refractivity contribution < 1.29 is 18.7 Å². The summed E-state index contributed by atoms with van der Waals surface area (Å²) in [6.07, 6.45) is 3.39. The number of hydrogen-bond acceptors (Lipinski definition) is 5. The van der Waals surface area contributed by atoms with Gasteiger partial charge in [0, 0.05) is 28.0 Å². The Balaban J connectivity index is 1.43. The average molecular weight is 555 g/mol. The van der Waals surface area contributed by atoms with Crippen molar-refractivity contribution >= 4 is 29.4 Å². The number of ether oxygens (including phenoxy) is 1. The highest BCUT2D eigenvalue weighted by Crippen LogP contribution is 2.26. The van der Waals surface area contributed by atoms with E-state index < -0.39 is 5.91 Å². The van der Waals surface area contributed by atoms with Crippen LogP contribution >= 0.6 is 11.6 Å². The van der Waals surface area contributed by atoms with Crippen LogP contribution in [0.15, 0.2) is 102 Å². The number of rotatable bonds is 9. The van der Waals surface area contributed by atoms with Crippen molar-refractivity contribution in [2.45, 2.75) is 13.5 Å². The Hall–Kier alpha value is -4.82. The number of halogens is 1. The van der Waals surface area contributed by atoms with Gasteiger partial charge in [-0.25, -0.2) is 4.98 Å². The highest BCUT2D eigenvalue weighted by Gasteiger charge is 2.22. The Kier molecular flexibility index (Phi) is 7.98. The van der Waals surface area contributed by atoms with Crippen LogP contribution in [-0.2, 0) is 11.3 Å². The van der Waals surface area contributed by atoms with Gasteiger partial charge in [-0.05, 0) is 79.7 Å². The molecule has 0 saturated heterocycles. The molecular formula is C31H27ClN4O4. The van der Waals surface area contributed by atoms with Crippen LogP contribution in [0.25, 0.3) is 16.9 Å². The monoisotopic (exact) mass is 554 g/mol. The molecule has 9 heteroatoms. The third-order valence-electron chi connectivity index (χ3n) is 6.29. The van der Waals surface area contributed by atoms with E-state index in [4.69, 9.17) is 25.7 Å². The van der Waals surface area contributed by atoms with Gasteiger partial charge < -0.3 is 14.1 Å². The molecule has 2 amide bonds. The lowest BCUT2D eigenvalue weighted by Gasteiger charge is -2.21. The lowest BCUT2D eigenvalue weighted by atomic mass is 10.1. The van der Waals surface area contributed by atoms with Gasteiger partial charge in [0.25, 0.3) is 5.91 Å². The van der Waals surface area contributed by atoms with Gasteiger partial charge in [-0.1, -0.05) is 29.3 Å². The summed E-state index contributed by atoms with van der Waals surface area (Å²) in [7, 11) is 1.61.